The number of hydrogen-bond acceptors (Lipinski definition) is 3. The Labute approximate surface area is 106 Å². The van der Waals surface area contributed by atoms with Crippen molar-refractivity contribution in [3.63, 3.8) is 0 Å². The maximum absolute atomic E-state index is 12.1. The lowest BCUT2D eigenvalue weighted by molar-refractivity contribution is -0.127. The lowest BCUT2D eigenvalue weighted by atomic mass is 10.1. The number of ketones is 1. The summed E-state index contributed by atoms with van der Waals surface area (Å²) in [6.07, 6.45) is 1.97. The number of fused-ring (bicyclic) bond motifs is 1. The normalized spacial score (nSPS) is 19.5. The standard InChI is InChI=1S/C14H16N2O2/c1-16-11-6-3-2-5-10(11)15-14(16)9-12(17)13-7-4-8-18-13/h2-3,5-6,13H,4,7-9H2,1H3. The van der Waals surface area contributed by atoms with Crippen molar-refractivity contribution in [1.82, 2.24) is 9.55 Å². The number of rotatable bonds is 3. The van der Waals surface area contributed by atoms with Gasteiger partial charge in [-0.2, -0.15) is 0 Å². The molecular formula is C14H16N2O2. The molecule has 1 atom stereocenters. The monoisotopic (exact) mass is 244 g/mol. The quantitative estimate of drug-likeness (QED) is 0.827. The van der Waals surface area contributed by atoms with E-state index in [0.29, 0.717) is 13.0 Å². The first-order chi connectivity index (χ1) is 8.75. The Hall–Kier alpha value is -1.68. The fourth-order valence-corrected chi connectivity index (χ4v) is 2.45. The zero-order valence-corrected chi connectivity index (χ0v) is 10.4. The van der Waals surface area contributed by atoms with Gasteiger partial charge >= 0.3 is 0 Å². The van der Waals surface area contributed by atoms with Crippen molar-refractivity contribution in [2.75, 3.05) is 6.61 Å². The molecule has 1 unspecified atom stereocenters. The molecule has 0 N–H and O–H groups in total. The second-order valence-corrected chi connectivity index (χ2v) is 4.72. The Kier molecular flexibility index (Phi) is 2.88. The summed E-state index contributed by atoms with van der Waals surface area (Å²) in [5, 5.41) is 0. The molecule has 4 nitrogen and oxygen atoms in total. The average molecular weight is 244 g/mol. The second kappa shape index (κ2) is 4.53. The van der Waals surface area contributed by atoms with Gasteiger partial charge in [0.1, 0.15) is 11.9 Å². The van der Waals surface area contributed by atoms with E-state index in [0.717, 1.165) is 29.7 Å². The number of carbonyl (C=O) groups excluding carboxylic acids is 1. The summed E-state index contributed by atoms with van der Waals surface area (Å²) >= 11 is 0. The van der Waals surface area contributed by atoms with Crippen molar-refractivity contribution >= 4 is 16.8 Å². The maximum Gasteiger partial charge on any atom is 0.169 e. The number of aromatic nitrogens is 2. The first-order valence-corrected chi connectivity index (χ1v) is 6.30. The molecule has 1 saturated heterocycles. The Bertz CT molecular complexity index is 582. The van der Waals surface area contributed by atoms with Crippen molar-refractivity contribution in [3.05, 3.63) is 30.1 Å². The van der Waals surface area contributed by atoms with Gasteiger partial charge in [0.05, 0.1) is 17.5 Å². The van der Waals surface area contributed by atoms with Crippen LogP contribution in [-0.4, -0.2) is 28.0 Å². The molecule has 94 valence electrons. The lowest BCUT2D eigenvalue weighted by Gasteiger charge is -2.07. The minimum Gasteiger partial charge on any atom is -0.370 e. The van der Waals surface area contributed by atoms with Crippen LogP contribution in [0.5, 0.6) is 0 Å². The van der Waals surface area contributed by atoms with Gasteiger partial charge in [0.25, 0.3) is 0 Å². The molecule has 0 spiro atoms. The average Bonchev–Trinajstić information content (AvgIpc) is 3.00. The fourth-order valence-electron chi connectivity index (χ4n) is 2.45. The van der Waals surface area contributed by atoms with E-state index in [1.807, 2.05) is 35.9 Å². The van der Waals surface area contributed by atoms with Crippen molar-refractivity contribution in [2.24, 2.45) is 7.05 Å². The zero-order valence-electron chi connectivity index (χ0n) is 10.4. The van der Waals surface area contributed by atoms with E-state index in [4.69, 9.17) is 4.74 Å². The number of ether oxygens (including phenoxy) is 1. The molecule has 0 bridgehead atoms. The Morgan fingerprint density at radius 3 is 3.06 bits per heavy atom. The van der Waals surface area contributed by atoms with Crippen molar-refractivity contribution in [2.45, 2.75) is 25.4 Å². The number of nitrogens with zero attached hydrogens (tertiary/aromatic N) is 2. The molecule has 1 fully saturated rings. The van der Waals surface area contributed by atoms with E-state index in [-0.39, 0.29) is 11.9 Å². The van der Waals surface area contributed by atoms with Crippen molar-refractivity contribution in [3.8, 4) is 0 Å². The third-order valence-electron chi connectivity index (χ3n) is 3.50. The summed E-state index contributed by atoms with van der Waals surface area (Å²) < 4.78 is 7.40. The Morgan fingerprint density at radius 2 is 2.33 bits per heavy atom. The summed E-state index contributed by atoms with van der Waals surface area (Å²) in [6, 6.07) is 7.93. The highest BCUT2D eigenvalue weighted by Gasteiger charge is 2.24. The van der Waals surface area contributed by atoms with Gasteiger partial charge in [-0.1, -0.05) is 12.1 Å². The number of Topliss-reactive ketones (excluding diaryl/α,β-unsaturated/α-hetero) is 1. The van der Waals surface area contributed by atoms with Crippen LogP contribution in [0.3, 0.4) is 0 Å². The van der Waals surface area contributed by atoms with Gasteiger partial charge in [0.15, 0.2) is 5.78 Å². The Balaban J connectivity index is 1.86. The highest BCUT2D eigenvalue weighted by molar-refractivity contribution is 5.86. The van der Waals surface area contributed by atoms with Crippen LogP contribution in [0.15, 0.2) is 24.3 Å². The molecule has 1 aliphatic rings. The topological polar surface area (TPSA) is 44.1 Å². The van der Waals surface area contributed by atoms with Gasteiger partial charge in [-0.05, 0) is 25.0 Å². The largest absolute Gasteiger partial charge is 0.370 e. The number of benzene rings is 1. The third kappa shape index (κ3) is 1.93. The molecule has 2 heterocycles. The van der Waals surface area contributed by atoms with Crippen LogP contribution < -0.4 is 0 Å². The first-order valence-electron chi connectivity index (χ1n) is 6.30. The van der Waals surface area contributed by atoms with E-state index in [9.17, 15) is 4.79 Å². The van der Waals surface area contributed by atoms with Crippen LogP contribution >= 0.6 is 0 Å². The molecule has 1 aromatic carbocycles. The molecule has 4 heteroatoms. The fraction of sp³-hybridized carbons (Fsp3) is 0.429. The lowest BCUT2D eigenvalue weighted by Crippen LogP contribution is -2.22. The molecule has 0 aliphatic carbocycles. The minimum atomic E-state index is -0.218. The number of para-hydroxylation sites is 2. The Morgan fingerprint density at radius 1 is 1.50 bits per heavy atom. The second-order valence-electron chi connectivity index (χ2n) is 4.72. The van der Waals surface area contributed by atoms with Gasteiger partial charge in [-0.3, -0.25) is 4.79 Å². The van der Waals surface area contributed by atoms with Gasteiger partial charge in [-0.25, -0.2) is 4.98 Å². The van der Waals surface area contributed by atoms with E-state index in [1.165, 1.54) is 0 Å². The highest BCUT2D eigenvalue weighted by atomic mass is 16.5. The van der Waals surface area contributed by atoms with E-state index < -0.39 is 0 Å². The third-order valence-corrected chi connectivity index (χ3v) is 3.50. The summed E-state index contributed by atoms with van der Waals surface area (Å²) in [5.74, 6) is 0.961. The summed E-state index contributed by atoms with van der Waals surface area (Å²) in [4.78, 5) is 16.6. The molecular weight excluding hydrogens is 228 g/mol. The minimum absolute atomic E-state index is 0.144. The summed E-state index contributed by atoms with van der Waals surface area (Å²) in [6.45, 7) is 0.707. The van der Waals surface area contributed by atoms with Crippen LogP contribution in [-0.2, 0) is 23.0 Å². The number of carbonyl (C=O) groups is 1. The molecule has 0 amide bonds. The van der Waals surface area contributed by atoms with Crippen LogP contribution in [0.1, 0.15) is 18.7 Å². The number of hydrogen-bond donors (Lipinski definition) is 0. The molecule has 1 aliphatic heterocycles. The highest BCUT2D eigenvalue weighted by Crippen LogP contribution is 2.18. The van der Waals surface area contributed by atoms with Crippen LogP contribution in [0.2, 0.25) is 0 Å². The molecule has 0 radical (unpaired) electrons. The van der Waals surface area contributed by atoms with E-state index in [1.54, 1.807) is 0 Å². The van der Waals surface area contributed by atoms with Crippen molar-refractivity contribution < 1.29 is 9.53 Å². The molecule has 3 rings (SSSR count). The van der Waals surface area contributed by atoms with Gasteiger partial charge in [-0.15, -0.1) is 0 Å². The van der Waals surface area contributed by atoms with E-state index in [2.05, 4.69) is 4.98 Å². The zero-order chi connectivity index (χ0) is 12.5. The van der Waals surface area contributed by atoms with Gasteiger partial charge < -0.3 is 9.30 Å². The van der Waals surface area contributed by atoms with Gasteiger partial charge in [0.2, 0.25) is 0 Å². The maximum atomic E-state index is 12.1. The smallest absolute Gasteiger partial charge is 0.169 e. The predicted molar refractivity (Wildman–Crippen MR) is 68.4 cm³/mol. The molecule has 18 heavy (non-hydrogen) atoms. The molecule has 0 saturated carbocycles. The molecule has 2 aromatic rings. The predicted octanol–water partition coefficient (Wildman–Crippen LogP) is 1.86. The van der Waals surface area contributed by atoms with Crippen LogP contribution in [0.25, 0.3) is 11.0 Å². The molecule has 1 aromatic heterocycles. The number of imidazole rings is 1. The first kappa shape index (κ1) is 11.4. The van der Waals surface area contributed by atoms with Gasteiger partial charge in [0, 0.05) is 13.7 Å². The summed E-state index contributed by atoms with van der Waals surface area (Å²) in [7, 11) is 1.95. The SMILES string of the molecule is Cn1c(CC(=O)C2CCCO2)nc2ccccc21. The van der Waals surface area contributed by atoms with Crippen LogP contribution in [0.4, 0.5) is 0 Å². The number of aryl methyl sites for hydroxylation is 1. The summed E-state index contributed by atoms with van der Waals surface area (Å²) in [5.41, 5.74) is 2.00. The van der Waals surface area contributed by atoms with Crippen LogP contribution in [0, 0.1) is 0 Å². The van der Waals surface area contributed by atoms with Crippen molar-refractivity contribution in [1.29, 1.82) is 0 Å². The van der Waals surface area contributed by atoms with E-state index >= 15 is 0 Å².